The summed E-state index contributed by atoms with van der Waals surface area (Å²) in [5.74, 6) is 0.254. The van der Waals surface area contributed by atoms with E-state index in [2.05, 4.69) is 20.4 Å². The lowest BCUT2D eigenvalue weighted by molar-refractivity contribution is -0.121. The zero-order chi connectivity index (χ0) is 22.9. The van der Waals surface area contributed by atoms with Crippen molar-refractivity contribution in [2.24, 2.45) is 17.8 Å². The number of hydrogen-bond donors (Lipinski definition) is 4. The van der Waals surface area contributed by atoms with Crippen LogP contribution in [0.3, 0.4) is 0 Å². The first-order valence-corrected chi connectivity index (χ1v) is 11.3. The molecule has 6 nitrogen and oxygen atoms in total. The first-order chi connectivity index (χ1) is 14.3. The van der Waals surface area contributed by atoms with Crippen LogP contribution in [0.15, 0.2) is 24.7 Å². The van der Waals surface area contributed by atoms with E-state index < -0.39 is 12.4 Å². The van der Waals surface area contributed by atoms with Gasteiger partial charge in [-0.1, -0.05) is 39.7 Å². The summed E-state index contributed by atoms with van der Waals surface area (Å²) < 4.78 is 0. The number of aliphatic hydroxyl groups is 4. The van der Waals surface area contributed by atoms with Gasteiger partial charge in [0.15, 0.2) is 5.76 Å². The highest BCUT2D eigenvalue weighted by molar-refractivity contribution is 5.93. The molecule has 4 N–H and O–H groups in total. The molecule has 0 amide bonds. The third kappa shape index (κ3) is 11.5. The van der Waals surface area contributed by atoms with Crippen molar-refractivity contribution in [2.45, 2.75) is 90.6 Å². The van der Waals surface area contributed by atoms with Crippen LogP contribution in [0.5, 0.6) is 0 Å². The minimum atomic E-state index is -0.674. The molecule has 2 unspecified atom stereocenters. The zero-order valence-electron chi connectivity index (χ0n) is 18.8. The number of aliphatic hydroxyl groups excluding tert-OH is 4. The van der Waals surface area contributed by atoms with Crippen molar-refractivity contribution in [3.8, 4) is 0 Å². The Hall–Kier alpha value is -1.66. The molecular weight excluding hydrogens is 384 g/mol. The molecule has 0 aromatic rings. The van der Waals surface area contributed by atoms with E-state index >= 15 is 0 Å². The Morgan fingerprint density at radius 1 is 1.23 bits per heavy atom. The van der Waals surface area contributed by atoms with Crippen LogP contribution < -0.4 is 0 Å². The summed E-state index contributed by atoms with van der Waals surface area (Å²) in [5.41, 5.74) is 0. The topological polar surface area (TPSA) is 115 Å². The van der Waals surface area contributed by atoms with Crippen LogP contribution >= 0.6 is 0 Å². The van der Waals surface area contributed by atoms with Gasteiger partial charge in [-0.05, 0) is 62.9 Å². The monoisotopic (exact) mass is 426 g/mol. The van der Waals surface area contributed by atoms with Gasteiger partial charge in [-0.2, -0.15) is 0 Å². The molecule has 0 aromatic carbocycles. The van der Waals surface area contributed by atoms with Crippen LogP contribution in [0.25, 0.3) is 0 Å². The number of carbonyl (C=O) groups is 2. The molecule has 0 heterocycles. The molecule has 6 heteroatoms. The number of rotatable bonds is 14. The minimum absolute atomic E-state index is 0.131. The van der Waals surface area contributed by atoms with Gasteiger partial charge in [0, 0.05) is 12.3 Å². The van der Waals surface area contributed by atoms with E-state index in [0.717, 1.165) is 64.0 Å². The quantitative estimate of drug-likeness (QED) is 0.180. The fourth-order valence-electron chi connectivity index (χ4n) is 4.18. The van der Waals surface area contributed by atoms with Gasteiger partial charge in [-0.3, -0.25) is 9.59 Å². The van der Waals surface area contributed by atoms with Gasteiger partial charge in [0.05, 0.1) is 12.4 Å². The lowest BCUT2D eigenvalue weighted by atomic mass is 9.85. The molecule has 1 aliphatic carbocycles. The van der Waals surface area contributed by atoms with E-state index in [1.165, 1.54) is 6.08 Å². The standard InChI is InChI=1S/C22H38O5.C2H4O/c1-3-8-16(2)19(24)12-7-9-17-13-14-20(25)18(17)10-5-4-6-11-21(26)22(27)15-23;1-2-3/h11,16-19,23-24,26H,3-10,12-15H2,1-2H3;2-3H,1H2/t16?,17-,18+,19?;/m0./s1. The molecule has 0 bridgehead atoms. The third-order valence-electron chi connectivity index (χ3n) is 5.96. The smallest absolute Gasteiger partial charge is 0.221 e. The molecule has 174 valence electrons. The highest BCUT2D eigenvalue weighted by atomic mass is 16.3. The van der Waals surface area contributed by atoms with Crippen LogP contribution in [0.4, 0.5) is 0 Å². The normalized spacial score (nSPS) is 20.9. The molecule has 0 spiro atoms. The van der Waals surface area contributed by atoms with Gasteiger partial charge in [-0.25, -0.2) is 0 Å². The van der Waals surface area contributed by atoms with Gasteiger partial charge < -0.3 is 20.4 Å². The predicted molar refractivity (Wildman–Crippen MR) is 119 cm³/mol. The molecule has 0 radical (unpaired) electrons. The van der Waals surface area contributed by atoms with E-state index in [0.29, 0.717) is 30.5 Å². The Labute approximate surface area is 181 Å². The van der Waals surface area contributed by atoms with Gasteiger partial charge in [0.2, 0.25) is 5.78 Å². The van der Waals surface area contributed by atoms with E-state index in [1.807, 2.05) is 0 Å². The van der Waals surface area contributed by atoms with Crippen molar-refractivity contribution in [1.82, 2.24) is 0 Å². The van der Waals surface area contributed by atoms with E-state index in [4.69, 9.17) is 10.2 Å². The largest absolute Gasteiger partial charge is 0.516 e. The maximum absolute atomic E-state index is 12.2. The fraction of sp³-hybridized carbons (Fsp3) is 0.750. The van der Waals surface area contributed by atoms with Crippen molar-refractivity contribution in [3.05, 3.63) is 24.7 Å². The first kappa shape index (κ1) is 28.3. The van der Waals surface area contributed by atoms with Gasteiger partial charge in [0.25, 0.3) is 0 Å². The summed E-state index contributed by atoms with van der Waals surface area (Å²) in [7, 11) is 0. The molecule has 0 saturated heterocycles. The Kier molecular flexibility index (Phi) is 16.1. The first-order valence-electron chi connectivity index (χ1n) is 11.3. The molecule has 1 rings (SSSR count). The molecule has 0 aromatic heterocycles. The third-order valence-corrected chi connectivity index (χ3v) is 5.96. The summed E-state index contributed by atoms with van der Waals surface area (Å²) in [6.07, 6.45) is 11.7. The number of ketones is 2. The highest BCUT2D eigenvalue weighted by Crippen LogP contribution is 2.36. The van der Waals surface area contributed by atoms with Crippen LogP contribution in [-0.2, 0) is 9.59 Å². The SMILES string of the molecule is C=CO.CCCC(C)C(O)CCC[C@H]1CCC(=O)[C@@H]1CCCCC=C(O)C(=O)CO. The number of allylic oxidation sites excluding steroid dienone is 1. The van der Waals surface area contributed by atoms with E-state index in [9.17, 15) is 19.8 Å². The predicted octanol–water partition coefficient (Wildman–Crippen LogP) is 4.80. The van der Waals surface area contributed by atoms with Crippen LogP contribution in [0.2, 0.25) is 0 Å². The summed E-state index contributed by atoms with van der Waals surface area (Å²) in [6, 6.07) is 0. The Morgan fingerprint density at radius 2 is 1.90 bits per heavy atom. The Morgan fingerprint density at radius 3 is 2.50 bits per heavy atom. The number of hydrogen-bond acceptors (Lipinski definition) is 6. The molecule has 1 saturated carbocycles. The van der Waals surface area contributed by atoms with Crippen LogP contribution in [-0.4, -0.2) is 44.7 Å². The number of carbonyl (C=O) groups excluding carboxylic acids is 2. The van der Waals surface area contributed by atoms with Gasteiger partial charge in [-0.15, -0.1) is 0 Å². The summed E-state index contributed by atoms with van der Waals surface area (Å²) in [6.45, 7) is 6.49. The lowest BCUT2D eigenvalue weighted by Gasteiger charge is -2.21. The molecule has 30 heavy (non-hydrogen) atoms. The van der Waals surface area contributed by atoms with Gasteiger partial charge in [0.1, 0.15) is 12.4 Å². The second-order valence-electron chi connectivity index (χ2n) is 8.27. The van der Waals surface area contributed by atoms with Crippen molar-refractivity contribution >= 4 is 11.6 Å². The van der Waals surface area contributed by atoms with E-state index in [-0.39, 0.29) is 17.8 Å². The highest BCUT2D eigenvalue weighted by Gasteiger charge is 2.33. The Balaban J connectivity index is 0.00000263. The van der Waals surface area contributed by atoms with Gasteiger partial charge >= 0.3 is 0 Å². The minimum Gasteiger partial charge on any atom is -0.516 e. The Bertz CT molecular complexity index is 528. The van der Waals surface area contributed by atoms with E-state index in [1.54, 1.807) is 0 Å². The van der Waals surface area contributed by atoms with Crippen LogP contribution in [0, 0.1) is 17.8 Å². The molecule has 0 aliphatic heterocycles. The van der Waals surface area contributed by atoms with Crippen molar-refractivity contribution in [1.29, 1.82) is 0 Å². The number of Topliss-reactive ketones (excluding diaryl/α,β-unsaturated/α-hetero) is 2. The van der Waals surface area contributed by atoms with Crippen molar-refractivity contribution < 1.29 is 30.0 Å². The number of unbranched alkanes of at least 4 members (excludes halogenated alkanes) is 2. The van der Waals surface area contributed by atoms with Crippen molar-refractivity contribution in [2.75, 3.05) is 6.61 Å². The summed E-state index contributed by atoms with van der Waals surface area (Å²) in [5, 5.41) is 35.6. The summed E-state index contributed by atoms with van der Waals surface area (Å²) >= 11 is 0. The molecule has 1 fully saturated rings. The van der Waals surface area contributed by atoms with Crippen molar-refractivity contribution in [3.63, 3.8) is 0 Å². The maximum atomic E-state index is 12.2. The zero-order valence-corrected chi connectivity index (χ0v) is 18.8. The second-order valence-corrected chi connectivity index (χ2v) is 8.27. The summed E-state index contributed by atoms with van der Waals surface area (Å²) in [4.78, 5) is 23.3. The average Bonchev–Trinajstić information content (AvgIpc) is 3.07. The fourth-order valence-corrected chi connectivity index (χ4v) is 4.18. The molecule has 4 atom stereocenters. The average molecular weight is 427 g/mol. The second kappa shape index (κ2) is 17.1. The maximum Gasteiger partial charge on any atom is 0.221 e. The lowest BCUT2D eigenvalue weighted by Crippen LogP contribution is -2.19. The molecule has 1 aliphatic rings. The molecular formula is C24H42O6. The van der Waals surface area contributed by atoms with Crippen LogP contribution in [0.1, 0.15) is 84.5 Å².